The van der Waals surface area contributed by atoms with E-state index in [-0.39, 0.29) is 17.9 Å². The lowest BCUT2D eigenvalue weighted by Crippen LogP contribution is -2.40. The Bertz CT molecular complexity index is 748. The van der Waals surface area contributed by atoms with E-state index in [9.17, 15) is 9.90 Å². The first-order valence-electron chi connectivity index (χ1n) is 9.03. The molecule has 1 atom stereocenters. The van der Waals surface area contributed by atoms with Gasteiger partial charge in [0.2, 0.25) is 0 Å². The average molecular weight is 353 g/mol. The van der Waals surface area contributed by atoms with Gasteiger partial charge in [-0.1, -0.05) is 69.3 Å². The Labute approximate surface area is 155 Å². The third-order valence-electron chi connectivity index (χ3n) is 5.09. The van der Waals surface area contributed by atoms with Gasteiger partial charge in [-0.05, 0) is 27.7 Å². The summed E-state index contributed by atoms with van der Waals surface area (Å²) in [6.07, 6.45) is -1.01. The summed E-state index contributed by atoms with van der Waals surface area (Å²) >= 11 is 0. The fourth-order valence-electron chi connectivity index (χ4n) is 3.31. The van der Waals surface area contributed by atoms with E-state index in [4.69, 9.17) is 4.74 Å². The number of carbonyl (C=O) groups is 1. The van der Waals surface area contributed by atoms with Crippen molar-refractivity contribution in [3.8, 4) is 11.1 Å². The van der Waals surface area contributed by atoms with Gasteiger partial charge in [-0.3, -0.25) is 0 Å². The summed E-state index contributed by atoms with van der Waals surface area (Å²) in [7, 11) is 1.66. The lowest BCUT2D eigenvalue weighted by Gasteiger charge is -2.29. The molecule has 2 aromatic rings. The molecule has 0 saturated heterocycles. The van der Waals surface area contributed by atoms with Crippen molar-refractivity contribution in [2.45, 2.75) is 32.8 Å². The van der Waals surface area contributed by atoms with Crippen molar-refractivity contribution in [2.24, 2.45) is 5.41 Å². The quantitative estimate of drug-likeness (QED) is 0.893. The first-order chi connectivity index (χ1) is 12.3. The van der Waals surface area contributed by atoms with E-state index < -0.39 is 12.2 Å². The summed E-state index contributed by atoms with van der Waals surface area (Å²) in [5.41, 5.74) is 4.52. The number of hydrogen-bond donors (Lipinski definition) is 1. The Morgan fingerprint density at radius 1 is 1.08 bits per heavy atom. The molecule has 3 rings (SSSR count). The molecule has 138 valence electrons. The normalized spacial score (nSPS) is 14.5. The molecular formula is C22H27NO3. The van der Waals surface area contributed by atoms with Crippen LogP contribution in [0.3, 0.4) is 0 Å². The highest BCUT2D eigenvalue weighted by Gasteiger charge is 2.30. The Balaban J connectivity index is 1.69. The number of aliphatic hydroxyl groups excluding tert-OH is 1. The third kappa shape index (κ3) is 3.61. The Morgan fingerprint density at radius 3 is 2.08 bits per heavy atom. The number of amides is 1. The van der Waals surface area contributed by atoms with Gasteiger partial charge in [-0.25, -0.2) is 4.79 Å². The number of carbonyl (C=O) groups excluding carboxylic acids is 1. The van der Waals surface area contributed by atoms with Crippen molar-refractivity contribution in [3.05, 3.63) is 59.7 Å². The molecule has 0 spiro atoms. The second kappa shape index (κ2) is 7.12. The zero-order chi connectivity index (χ0) is 18.9. The minimum Gasteiger partial charge on any atom is -0.448 e. The molecule has 0 fully saturated rings. The fourth-order valence-corrected chi connectivity index (χ4v) is 3.31. The van der Waals surface area contributed by atoms with Crippen LogP contribution in [-0.2, 0) is 4.74 Å². The molecule has 0 saturated carbocycles. The number of rotatable bonds is 4. The number of benzene rings is 2. The molecule has 0 heterocycles. The molecule has 1 aliphatic rings. The maximum absolute atomic E-state index is 12.4. The van der Waals surface area contributed by atoms with Gasteiger partial charge >= 0.3 is 6.09 Å². The van der Waals surface area contributed by atoms with E-state index in [0.717, 1.165) is 0 Å². The Kier molecular flexibility index (Phi) is 5.05. The van der Waals surface area contributed by atoms with Crippen molar-refractivity contribution in [2.75, 3.05) is 20.2 Å². The van der Waals surface area contributed by atoms with Crippen molar-refractivity contribution in [1.29, 1.82) is 0 Å². The van der Waals surface area contributed by atoms with Crippen molar-refractivity contribution in [1.82, 2.24) is 4.90 Å². The van der Waals surface area contributed by atoms with Crippen LogP contribution in [0, 0.1) is 5.41 Å². The van der Waals surface area contributed by atoms with Crippen LogP contribution in [0.15, 0.2) is 48.5 Å². The summed E-state index contributed by atoms with van der Waals surface area (Å²) in [4.78, 5) is 13.8. The third-order valence-corrected chi connectivity index (χ3v) is 5.09. The number of likely N-dealkylation sites (N-methyl/N-ethyl adjacent to an activating group) is 1. The largest absolute Gasteiger partial charge is 0.448 e. The molecule has 0 aliphatic heterocycles. The average Bonchev–Trinajstić information content (AvgIpc) is 2.93. The van der Waals surface area contributed by atoms with Crippen molar-refractivity contribution >= 4 is 6.09 Å². The van der Waals surface area contributed by atoms with Crippen LogP contribution in [-0.4, -0.2) is 42.4 Å². The second-order valence-corrected chi connectivity index (χ2v) is 8.07. The van der Waals surface area contributed by atoms with Crippen LogP contribution in [0.25, 0.3) is 11.1 Å². The molecule has 26 heavy (non-hydrogen) atoms. The smallest absolute Gasteiger partial charge is 0.409 e. The summed E-state index contributed by atoms with van der Waals surface area (Å²) in [5.74, 6) is 0.0484. The predicted octanol–water partition coefficient (Wildman–Crippen LogP) is 4.27. The molecular weight excluding hydrogens is 326 g/mol. The zero-order valence-electron chi connectivity index (χ0n) is 15.9. The molecule has 0 radical (unpaired) electrons. The first-order valence-corrected chi connectivity index (χ1v) is 9.03. The Hall–Kier alpha value is -2.33. The number of fused-ring (bicyclic) bond motifs is 3. The van der Waals surface area contributed by atoms with Gasteiger partial charge in [-0.15, -0.1) is 0 Å². The lowest BCUT2D eigenvalue weighted by atomic mass is 9.89. The number of nitrogens with zero attached hydrogens (tertiary/aromatic N) is 1. The molecule has 4 heteroatoms. The van der Waals surface area contributed by atoms with E-state index in [1.807, 2.05) is 45.0 Å². The molecule has 1 unspecified atom stereocenters. The number of ether oxygens (including phenoxy) is 1. The van der Waals surface area contributed by atoms with Gasteiger partial charge in [0, 0.05) is 13.0 Å². The maximum atomic E-state index is 12.4. The van der Waals surface area contributed by atoms with Gasteiger partial charge in [-0.2, -0.15) is 0 Å². The van der Waals surface area contributed by atoms with Crippen LogP contribution >= 0.6 is 0 Å². The SMILES string of the molecule is CN(CC(O)C(C)(C)C)C(=O)OCC1c2ccccc2-c2ccccc21. The lowest BCUT2D eigenvalue weighted by molar-refractivity contribution is 0.0290. The number of hydrogen-bond acceptors (Lipinski definition) is 3. The first kappa shape index (κ1) is 18.5. The molecule has 0 aromatic heterocycles. The minimum atomic E-state index is -0.604. The molecule has 1 aliphatic carbocycles. The summed E-state index contributed by atoms with van der Waals surface area (Å²) in [6.45, 7) is 6.39. The minimum absolute atomic E-state index is 0.0484. The second-order valence-electron chi connectivity index (χ2n) is 8.07. The van der Waals surface area contributed by atoms with Crippen LogP contribution in [0.2, 0.25) is 0 Å². The van der Waals surface area contributed by atoms with Crippen LogP contribution in [0.1, 0.15) is 37.8 Å². The van der Waals surface area contributed by atoms with E-state index in [1.54, 1.807) is 7.05 Å². The van der Waals surface area contributed by atoms with Gasteiger partial charge in [0.25, 0.3) is 0 Å². The van der Waals surface area contributed by atoms with Gasteiger partial charge in [0.1, 0.15) is 6.61 Å². The van der Waals surface area contributed by atoms with Crippen molar-refractivity contribution in [3.63, 3.8) is 0 Å². The highest BCUT2D eigenvalue weighted by molar-refractivity contribution is 5.79. The van der Waals surface area contributed by atoms with E-state index >= 15 is 0 Å². The highest BCUT2D eigenvalue weighted by atomic mass is 16.6. The predicted molar refractivity (Wildman–Crippen MR) is 103 cm³/mol. The molecule has 2 aromatic carbocycles. The van der Waals surface area contributed by atoms with Gasteiger partial charge in [0.15, 0.2) is 0 Å². The van der Waals surface area contributed by atoms with Crippen molar-refractivity contribution < 1.29 is 14.6 Å². The van der Waals surface area contributed by atoms with Crippen LogP contribution < -0.4 is 0 Å². The standard InChI is InChI=1S/C22H27NO3/c1-22(2,3)20(24)13-23(4)21(25)26-14-19-17-11-7-5-9-15(17)16-10-6-8-12-18(16)19/h5-12,19-20,24H,13-14H2,1-4H3. The molecule has 1 N–H and O–H groups in total. The topological polar surface area (TPSA) is 49.8 Å². The molecule has 1 amide bonds. The number of aliphatic hydroxyl groups is 1. The summed E-state index contributed by atoms with van der Waals surface area (Å²) in [6, 6.07) is 16.5. The maximum Gasteiger partial charge on any atom is 0.409 e. The summed E-state index contributed by atoms with van der Waals surface area (Å²) < 4.78 is 5.59. The van der Waals surface area contributed by atoms with E-state index in [1.165, 1.54) is 27.2 Å². The van der Waals surface area contributed by atoms with Crippen LogP contribution in [0.4, 0.5) is 4.79 Å². The van der Waals surface area contributed by atoms with Gasteiger partial charge < -0.3 is 14.7 Å². The molecule has 4 nitrogen and oxygen atoms in total. The zero-order valence-corrected chi connectivity index (χ0v) is 15.9. The molecule has 0 bridgehead atoms. The van der Waals surface area contributed by atoms with E-state index in [0.29, 0.717) is 6.61 Å². The monoisotopic (exact) mass is 353 g/mol. The Morgan fingerprint density at radius 2 is 1.58 bits per heavy atom. The fraction of sp³-hybridized carbons (Fsp3) is 0.409. The highest BCUT2D eigenvalue weighted by Crippen LogP contribution is 2.44. The summed E-state index contributed by atoms with van der Waals surface area (Å²) in [5, 5.41) is 10.2. The van der Waals surface area contributed by atoms with E-state index in [2.05, 4.69) is 24.3 Å². The van der Waals surface area contributed by atoms with Gasteiger partial charge in [0.05, 0.1) is 12.6 Å². The van der Waals surface area contributed by atoms with Crippen LogP contribution in [0.5, 0.6) is 0 Å².